The third-order valence-corrected chi connectivity index (χ3v) is 1.95. The second-order valence-corrected chi connectivity index (χ2v) is 3.27. The molecule has 10 heavy (non-hydrogen) atoms. The number of carbonyl (C=O) groups is 1. The highest BCUT2D eigenvalue weighted by molar-refractivity contribution is 5.78. The maximum absolute atomic E-state index is 13.1. The minimum atomic E-state index is -1.22. The number of alkyl halides is 1. The van der Waals surface area contributed by atoms with E-state index in [9.17, 15) is 9.18 Å². The molecular formula is C7H12FNO. The standard InChI is InChI=1S/C7H12FNO/c1-7(2,8)5-3-6(10)9-4-5/h5H,3-4H2,1-2H3,(H,9,10). The van der Waals surface area contributed by atoms with Crippen LogP contribution >= 0.6 is 0 Å². The summed E-state index contributed by atoms with van der Waals surface area (Å²) < 4.78 is 13.1. The minimum absolute atomic E-state index is 0.0317. The predicted molar refractivity (Wildman–Crippen MR) is 36.3 cm³/mol. The Kier molecular flexibility index (Phi) is 1.67. The average Bonchev–Trinajstić information content (AvgIpc) is 2.11. The molecule has 58 valence electrons. The van der Waals surface area contributed by atoms with Crippen molar-refractivity contribution in [3.8, 4) is 0 Å². The zero-order chi connectivity index (χ0) is 7.78. The molecule has 1 heterocycles. The van der Waals surface area contributed by atoms with Crippen molar-refractivity contribution < 1.29 is 9.18 Å². The molecule has 1 fully saturated rings. The van der Waals surface area contributed by atoms with Crippen molar-refractivity contribution >= 4 is 5.91 Å². The van der Waals surface area contributed by atoms with E-state index in [1.165, 1.54) is 13.8 Å². The molecule has 0 bridgehead atoms. The van der Waals surface area contributed by atoms with Gasteiger partial charge in [-0.3, -0.25) is 4.79 Å². The highest BCUT2D eigenvalue weighted by atomic mass is 19.1. The molecule has 0 aromatic rings. The molecule has 0 saturated carbocycles. The summed E-state index contributed by atoms with van der Waals surface area (Å²) in [4.78, 5) is 10.6. The van der Waals surface area contributed by atoms with Gasteiger partial charge in [0.1, 0.15) is 5.67 Å². The van der Waals surface area contributed by atoms with Gasteiger partial charge in [-0.1, -0.05) is 0 Å². The molecule has 1 rings (SSSR count). The molecule has 0 spiro atoms. The van der Waals surface area contributed by atoms with Crippen molar-refractivity contribution in [1.82, 2.24) is 5.32 Å². The Morgan fingerprint density at radius 1 is 1.70 bits per heavy atom. The van der Waals surface area contributed by atoms with E-state index in [4.69, 9.17) is 0 Å². The van der Waals surface area contributed by atoms with E-state index in [2.05, 4.69) is 5.32 Å². The number of amides is 1. The van der Waals surface area contributed by atoms with Crippen LogP contribution in [0.25, 0.3) is 0 Å². The molecule has 1 aliphatic rings. The van der Waals surface area contributed by atoms with Gasteiger partial charge in [0, 0.05) is 18.9 Å². The quantitative estimate of drug-likeness (QED) is 0.582. The molecule has 3 heteroatoms. The number of hydrogen-bond acceptors (Lipinski definition) is 1. The summed E-state index contributed by atoms with van der Waals surface area (Å²) in [7, 11) is 0. The second-order valence-electron chi connectivity index (χ2n) is 3.27. The largest absolute Gasteiger partial charge is 0.356 e. The summed E-state index contributed by atoms with van der Waals surface area (Å²) in [5.41, 5.74) is -1.22. The Balaban J connectivity index is 2.53. The first-order valence-electron chi connectivity index (χ1n) is 3.46. The highest BCUT2D eigenvalue weighted by Crippen LogP contribution is 2.26. The molecule has 0 aliphatic carbocycles. The molecule has 2 nitrogen and oxygen atoms in total. The lowest BCUT2D eigenvalue weighted by Gasteiger charge is -2.19. The molecule has 1 saturated heterocycles. The Labute approximate surface area is 59.8 Å². The fourth-order valence-electron chi connectivity index (χ4n) is 1.09. The van der Waals surface area contributed by atoms with Crippen molar-refractivity contribution in [2.24, 2.45) is 5.92 Å². The molecule has 0 aromatic carbocycles. The third-order valence-electron chi connectivity index (χ3n) is 1.95. The summed E-state index contributed by atoms with van der Waals surface area (Å²) in [6.45, 7) is 3.51. The molecule has 1 amide bonds. The van der Waals surface area contributed by atoms with Crippen LogP contribution in [-0.2, 0) is 4.79 Å². The van der Waals surface area contributed by atoms with Crippen LogP contribution in [-0.4, -0.2) is 18.1 Å². The van der Waals surface area contributed by atoms with Gasteiger partial charge in [0.15, 0.2) is 0 Å². The third kappa shape index (κ3) is 1.46. The summed E-state index contributed by atoms with van der Waals surface area (Å²) in [5.74, 6) is -0.171. The van der Waals surface area contributed by atoms with Gasteiger partial charge in [-0.05, 0) is 13.8 Å². The number of rotatable bonds is 1. The maximum atomic E-state index is 13.1. The van der Waals surface area contributed by atoms with E-state index >= 15 is 0 Å². The van der Waals surface area contributed by atoms with Crippen LogP contribution in [0.3, 0.4) is 0 Å². The van der Waals surface area contributed by atoms with Crippen LogP contribution in [0.1, 0.15) is 20.3 Å². The maximum Gasteiger partial charge on any atom is 0.220 e. The first kappa shape index (κ1) is 7.51. The van der Waals surface area contributed by atoms with Gasteiger partial charge >= 0.3 is 0 Å². The molecular weight excluding hydrogens is 133 g/mol. The fraction of sp³-hybridized carbons (Fsp3) is 0.857. The lowest BCUT2D eigenvalue weighted by Crippen LogP contribution is -2.27. The van der Waals surface area contributed by atoms with Gasteiger partial charge in [0.25, 0.3) is 0 Å². The lowest BCUT2D eigenvalue weighted by molar-refractivity contribution is -0.119. The monoisotopic (exact) mass is 145 g/mol. The molecule has 1 unspecified atom stereocenters. The van der Waals surface area contributed by atoms with Crippen molar-refractivity contribution in [1.29, 1.82) is 0 Å². The van der Waals surface area contributed by atoms with E-state index < -0.39 is 5.67 Å². The van der Waals surface area contributed by atoms with Crippen LogP contribution < -0.4 is 5.32 Å². The molecule has 0 radical (unpaired) electrons. The van der Waals surface area contributed by atoms with Crippen LogP contribution in [0.5, 0.6) is 0 Å². The Morgan fingerprint density at radius 3 is 2.50 bits per heavy atom. The van der Waals surface area contributed by atoms with Crippen molar-refractivity contribution in [3.05, 3.63) is 0 Å². The summed E-state index contributed by atoms with van der Waals surface area (Å²) >= 11 is 0. The number of nitrogens with one attached hydrogen (secondary N) is 1. The molecule has 0 aromatic heterocycles. The Morgan fingerprint density at radius 2 is 2.30 bits per heavy atom. The Hall–Kier alpha value is -0.600. The van der Waals surface area contributed by atoms with Gasteiger partial charge in [-0.25, -0.2) is 4.39 Å². The summed E-state index contributed by atoms with van der Waals surface area (Å²) in [6.07, 6.45) is 0.337. The van der Waals surface area contributed by atoms with E-state index in [1.807, 2.05) is 0 Å². The normalized spacial score (nSPS) is 26.7. The summed E-state index contributed by atoms with van der Waals surface area (Å²) in [5, 5.41) is 2.60. The van der Waals surface area contributed by atoms with Crippen molar-refractivity contribution in [2.75, 3.05) is 6.54 Å². The predicted octanol–water partition coefficient (Wildman–Crippen LogP) is 0.871. The van der Waals surface area contributed by atoms with Crippen molar-refractivity contribution in [3.63, 3.8) is 0 Å². The second kappa shape index (κ2) is 2.22. The number of carbonyl (C=O) groups excluding carboxylic acids is 1. The van der Waals surface area contributed by atoms with Crippen LogP contribution in [0, 0.1) is 5.92 Å². The van der Waals surface area contributed by atoms with E-state index in [-0.39, 0.29) is 11.8 Å². The van der Waals surface area contributed by atoms with E-state index in [1.54, 1.807) is 0 Å². The zero-order valence-electron chi connectivity index (χ0n) is 6.28. The van der Waals surface area contributed by atoms with Crippen LogP contribution in [0.15, 0.2) is 0 Å². The minimum Gasteiger partial charge on any atom is -0.356 e. The van der Waals surface area contributed by atoms with Crippen LogP contribution in [0.2, 0.25) is 0 Å². The topological polar surface area (TPSA) is 29.1 Å². The molecule has 1 aliphatic heterocycles. The lowest BCUT2D eigenvalue weighted by atomic mass is 9.92. The van der Waals surface area contributed by atoms with Gasteiger partial charge in [-0.15, -0.1) is 0 Å². The Bertz CT molecular complexity index is 150. The number of halogens is 1. The van der Waals surface area contributed by atoms with Gasteiger partial charge in [-0.2, -0.15) is 0 Å². The van der Waals surface area contributed by atoms with Crippen molar-refractivity contribution in [2.45, 2.75) is 25.9 Å². The summed E-state index contributed by atoms with van der Waals surface area (Å²) in [6, 6.07) is 0. The highest BCUT2D eigenvalue weighted by Gasteiger charge is 2.34. The van der Waals surface area contributed by atoms with Gasteiger partial charge in [0.05, 0.1) is 0 Å². The average molecular weight is 145 g/mol. The van der Waals surface area contributed by atoms with Crippen LogP contribution in [0.4, 0.5) is 4.39 Å². The first-order valence-corrected chi connectivity index (χ1v) is 3.46. The molecule has 1 N–H and O–H groups in total. The SMILES string of the molecule is CC(C)(F)C1CNC(=O)C1. The number of hydrogen-bond donors (Lipinski definition) is 1. The first-order chi connectivity index (χ1) is 4.50. The van der Waals surface area contributed by atoms with Gasteiger partial charge in [0.2, 0.25) is 5.91 Å². The van der Waals surface area contributed by atoms with Gasteiger partial charge < -0.3 is 5.32 Å². The van der Waals surface area contributed by atoms with E-state index in [0.29, 0.717) is 13.0 Å². The fourth-order valence-corrected chi connectivity index (χ4v) is 1.09. The molecule has 1 atom stereocenters. The van der Waals surface area contributed by atoms with E-state index in [0.717, 1.165) is 0 Å². The smallest absolute Gasteiger partial charge is 0.220 e. The zero-order valence-corrected chi connectivity index (χ0v) is 6.28.